The number of anilines is 1. The fourth-order valence-corrected chi connectivity index (χ4v) is 4.11. The molecular formula is C22H22Cl2N4O2+. The zero-order valence-electron chi connectivity index (χ0n) is 16.3. The lowest BCUT2D eigenvalue weighted by molar-refractivity contribution is -0.138. The average molecular weight is 445 g/mol. The van der Waals surface area contributed by atoms with Crippen LogP contribution in [0.1, 0.15) is 31.2 Å². The summed E-state index contributed by atoms with van der Waals surface area (Å²) in [5, 5.41) is 7.08. The average Bonchev–Trinajstić information content (AvgIpc) is 3.39. The molecule has 1 saturated heterocycles. The molecule has 0 saturated carbocycles. The molecule has 0 aliphatic carbocycles. The third-order valence-corrected chi connectivity index (χ3v) is 6.08. The maximum absolute atomic E-state index is 12.8. The second-order valence-corrected chi connectivity index (χ2v) is 8.23. The van der Waals surface area contributed by atoms with Crippen molar-refractivity contribution in [3.63, 3.8) is 0 Å². The molecule has 0 bridgehead atoms. The molecule has 1 atom stereocenters. The molecule has 2 amide bonds. The van der Waals surface area contributed by atoms with Crippen LogP contribution in [0.25, 0.3) is 0 Å². The van der Waals surface area contributed by atoms with Crippen LogP contribution in [0.15, 0.2) is 42.5 Å². The highest BCUT2D eigenvalue weighted by atomic mass is 35.5. The van der Waals surface area contributed by atoms with E-state index in [0.29, 0.717) is 42.4 Å². The summed E-state index contributed by atoms with van der Waals surface area (Å²) in [5.41, 5.74) is 2.71. The van der Waals surface area contributed by atoms with Crippen molar-refractivity contribution in [3.05, 3.63) is 58.1 Å². The molecule has 2 aliphatic heterocycles. The van der Waals surface area contributed by atoms with E-state index in [1.54, 1.807) is 17.0 Å². The van der Waals surface area contributed by atoms with Crippen LogP contribution in [0.4, 0.5) is 11.4 Å². The van der Waals surface area contributed by atoms with Crippen molar-refractivity contribution < 1.29 is 9.59 Å². The number of rotatable bonds is 6. The Morgan fingerprint density at radius 1 is 1.17 bits per heavy atom. The number of amides is 2. The van der Waals surface area contributed by atoms with E-state index in [1.807, 2.05) is 30.3 Å². The predicted octanol–water partition coefficient (Wildman–Crippen LogP) is 3.87. The predicted molar refractivity (Wildman–Crippen MR) is 119 cm³/mol. The first kappa shape index (κ1) is 20.7. The van der Waals surface area contributed by atoms with Crippen molar-refractivity contribution in [2.45, 2.75) is 38.3 Å². The number of carbonyl (C=O) groups excluding carboxylic acids is 2. The molecule has 2 aromatic carbocycles. The molecule has 1 radical (unpaired) electrons. The van der Waals surface area contributed by atoms with E-state index >= 15 is 0 Å². The summed E-state index contributed by atoms with van der Waals surface area (Å²) >= 11 is 12.0. The first-order chi connectivity index (χ1) is 14.5. The van der Waals surface area contributed by atoms with Gasteiger partial charge < -0.3 is 10.2 Å². The van der Waals surface area contributed by atoms with Crippen molar-refractivity contribution in [3.8, 4) is 0 Å². The minimum Gasteiger partial charge on any atom is -0.350 e. The normalized spacial score (nSPS) is 17.3. The molecule has 0 aromatic heterocycles. The summed E-state index contributed by atoms with van der Waals surface area (Å²) in [5.74, 6) is 0.614. The molecule has 1 fully saturated rings. The fraction of sp³-hybridized carbons (Fsp3) is 0.318. The van der Waals surface area contributed by atoms with Crippen LogP contribution in [0.5, 0.6) is 0 Å². The second-order valence-electron chi connectivity index (χ2n) is 7.41. The number of hydrogen-bond donors (Lipinski definition) is 2. The molecule has 2 heterocycles. The number of halogens is 2. The molecule has 2 N–H and O–H groups in total. The van der Waals surface area contributed by atoms with E-state index < -0.39 is 6.04 Å². The maximum Gasteiger partial charge on any atom is 0.298 e. The zero-order chi connectivity index (χ0) is 21.1. The van der Waals surface area contributed by atoms with Gasteiger partial charge in [-0.3, -0.25) is 9.59 Å². The lowest BCUT2D eigenvalue weighted by atomic mass is 10.1. The van der Waals surface area contributed by atoms with Crippen molar-refractivity contribution in [1.82, 2.24) is 15.2 Å². The third-order valence-electron chi connectivity index (χ3n) is 5.34. The van der Waals surface area contributed by atoms with Crippen LogP contribution in [0.2, 0.25) is 10.0 Å². The highest BCUT2D eigenvalue weighted by Crippen LogP contribution is 2.26. The Balaban J connectivity index is 1.30. The maximum atomic E-state index is 12.8. The Morgan fingerprint density at radius 2 is 2.00 bits per heavy atom. The molecule has 155 valence electrons. The first-order valence-electron chi connectivity index (χ1n) is 9.96. The summed E-state index contributed by atoms with van der Waals surface area (Å²) in [6.45, 7) is 0.942. The van der Waals surface area contributed by atoms with Gasteiger partial charge in [0.2, 0.25) is 17.5 Å². The van der Waals surface area contributed by atoms with E-state index in [9.17, 15) is 9.59 Å². The molecule has 30 heavy (non-hydrogen) atoms. The third kappa shape index (κ3) is 4.60. The Morgan fingerprint density at radius 3 is 2.80 bits per heavy atom. The molecule has 6 nitrogen and oxygen atoms in total. The van der Waals surface area contributed by atoms with E-state index in [0.717, 1.165) is 29.2 Å². The van der Waals surface area contributed by atoms with Crippen LogP contribution in [0.3, 0.4) is 0 Å². The van der Waals surface area contributed by atoms with Crippen LogP contribution >= 0.6 is 23.2 Å². The quantitative estimate of drug-likeness (QED) is 0.709. The number of fused-ring (bicyclic) bond motifs is 1. The standard InChI is InChI=1S/C22H22Cl2N4O2/c23-15-8-7-14(12-16(15)24)13-25-22(30)19-6-3-11-28(19)21(29)10-9-20-26-17-4-1-2-5-18(17)27-20/h1-2,4-5,7-8,12,19,26H,3,6,9-11,13H2,(H,25,30)/q+1/t19-/m0/s1. The van der Waals surface area contributed by atoms with E-state index in [1.165, 1.54) is 0 Å². The molecule has 0 unspecified atom stereocenters. The van der Waals surface area contributed by atoms with Crippen molar-refractivity contribution in [2.24, 2.45) is 0 Å². The number of likely N-dealkylation sites (tertiary alicyclic amines) is 1. The Hall–Kier alpha value is -2.57. The van der Waals surface area contributed by atoms with Gasteiger partial charge in [-0.2, -0.15) is 0 Å². The lowest BCUT2D eigenvalue weighted by Gasteiger charge is -2.24. The topological polar surface area (TPSA) is 75.5 Å². The summed E-state index contributed by atoms with van der Waals surface area (Å²) < 4.78 is 0. The van der Waals surface area contributed by atoms with Crippen LogP contribution in [-0.2, 0) is 16.1 Å². The minimum absolute atomic E-state index is 0.0253. The van der Waals surface area contributed by atoms with Gasteiger partial charge in [-0.1, -0.05) is 41.4 Å². The SMILES string of the molecule is O=C(NCc1ccc(Cl)c(Cl)c1)[C@@H]1CCCN1C(=O)CCC1=[N+]c2ccccc2N1. The van der Waals surface area contributed by atoms with Gasteiger partial charge in [0, 0.05) is 19.5 Å². The summed E-state index contributed by atoms with van der Waals surface area (Å²) in [6.07, 6.45) is 2.32. The smallest absolute Gasteiger partial charge is 0.298 e. The van der Waals surface area contributed by atoms with Crippen molar-refractivity contribution in [1.29, 1.82) is 0 Å². The van der Waals surface area contributed by atoms with Gasteiger partial charge >= 0.3 is 0 Å². The number of nitrogens with one attached hydrogen (secondary N) is 2. The summed E-state index contributed by atoms with van der Waals surface area (Å²) in [6, 6.07) is 12.6. The minimum atomic E-state index is -0.434. The Labute approximate surface area is 185 Å². The summed E-state index contributed by atoms with van der Waals surface area (Å²) in [4.78, 5) is 31.7. The van der Waals surface area contributed by atoms with Crippen molar-refractivity contribution in [2.75, 3.05) is 11.9 Å². The van der Waals surface area contributed by atoms with Gasteiger partial charge in [-0.15, -0.1) is 0 Å². The van der Waals surface area contributed by atoms with Gasteiger partial charge in [-0.25, -0.2) is 5.32 Å². The fourth-order valence-electron chi connectivity index (χ4n) is 3.79. The zero-order valence-corrected chi connectivity index (χ0v) is 17.8. The number of aliphatic imine (C=N–C) groups is 1. The molecule has 0 spiro atoms. The molecular weight excluding hydrogens is 423 g/mol. The monoisotopic (exact) mass is 444 g/mol. The number of nitrogens with zero attached hydrogens (tertiary/aromatic N) is 2. The van der Waals surface area contributed by atoms with Gasteiger partial charge in [0.05, 0.1) is 16.5 Å². The second kappa shape index (κ2) is 9.06. The molecule has 8 heteroatoms. The van der Waals surface area contributed by atoms with Crippen molar-refractivity contribution >= 4 is 52.2 Å². The highest BCUT2D eigenvalue weighted by Gasteiger charge is 2.34. The Bertz CT molecular complexity index is 1010. The first-order valence-corrected chi connectivity index (χ1v) is 10.7. The van der Waals surface area contributed by atoms with Gasteiger partial charge in [-0.05, 0) is 47.7 Å². The number of benzene rings is 2. The lowest BCUT2D eigenvalue weighted by Crippen LogP contribution is -2.45. The number of amidine groups is 1. The number of hydrogen-bond acceptors (Lipinski definition) is 4. The van der Waals surface area contributed by atoms with Crippen LogP contribution in [0, 0.1) is 0 Å². The largest absolute Gasteiger partial charge is 0.350 e. The number of para-hydroxylation sites is 2. The van der Waals surface area contributed by atoms with Gasteiger partial charge in [0.15, 0.2) is 5.69 Å². The number of carbonyl (C=O) groups is 2. The highest BCUT2D eigenvalue weighted by molar-refractivity contribution is 6.42. The van der Waals surface area contributed by atoms with E-state index in [2.05, 4.69) is 15.6 Å². The molecule has 2 aromatic rings. The van der Waals surface area contributed by atoms with E-state index in [4.69, 9.17) is 23.2 Å². The van der Waals surface area contributed by atoms with Gasteiger partial charge in [0.25, 0.3) is 5.84 Å². The van der Waals surface area contributed by atoms with E-state index in [-0.39, 0.29) is 11.8 Å². The molecule has 4 rings (SSSR count). The van der Waals surface area contributed by atoms with Crippen LogP contribution in [-0.4, -0.2) is 35.1 Å². The Kier molecular flexibility index (Phi) is 6.25. The molecule has 2 aliphatic rings. The van der Waals surface area contributed by atoms with Gasteiger partial charge in [0.1, 0.15) is 6.04 Å². The van der Waals surface area contributed by atoms with Crippen LogP contribution < -0.4 is 15.6 Å². The summed E-state index contributed by atoms with van der Waals surface area (Å²) in [7, 11) is 0.